The number of ether oxygens (including phenoxy) is 1. The first-order valence-corrected chi connectivity index (χ1v) is 8.64. The summed E-state index contributed by atoms with van der Waals surface area (Å²) in [4.78, 5) is 7.75. The van der Waals surface area contributed by atoms with Crippen LogP contribution in [0.15, 0.2) is 53.2 Å². The Kier molecular flexibility index (Phi) is 5.98. The number of aromatic amines is 1. The van der Waals surface area contributed by atoms with Crippen molar-refractivity contribution in [2.75, 3.05) is 6.54 Å². The number of rotatable bonds is 7. The quantitative estimate of drug-likeness (QED) is 0.737. The molecule has 3 N–H and O–H groups in total. The monoisotopic (exact) mass is 369 g/mol. The summed E-state index contributed by atoms with van der Waals surface area (Å²) >= 11 is 0. The minimum atomic E-state index is -2.86. The van der Waals surface area contributed by atoms with Gasteiger partial charge in [0, 0.05) is 28.7 Å². The van der Waals surface area contributed by atoms with Crippen LogP contribution in [0.5, 0.6) is 5.75 Å². The molecule has 2 aromatic rings. The standard InChI is InChI=1S/C21H21F2N3O/c1-14-13-16(9-8-15-5-2-3-7-19(15)27-21(22)23)26-20(14)17(10-11-24)18-6-4-12-25-18/h2-9,12-13,21,26H,10-11,24H2,1H3/b9-8+,18-17?. The number of alkyl halides is 2. The normalized spacial score (nSPS) is 15.3. The van der Waals surface area contributed by atoms with Gasteiger partial charge in [0.1, 0.15) is 5.75 Å². The summed E-state index contributed by atoms with van der Waals surface area (Å²) in [6.45, 7) is -0.329. The van der Waals surface area contributed by atoms with E-state index < -0.39 is 6.61 Å². The Morgan fingerprint density at radius 3 is 2.81 bits per heavy atom. The largest absolute Gasteiger partial charge is 0.434 e. The van der Waals surface area contributed by atoms with Gasteiger partial charge in [-0.1, -0.05) is 18.2 Å². The van der Waals surface area contributed by atoms with Crippen LogP contribution < -0.4 is 10.5 Å². The molecule has 3 rings (SSSR count). The second-order valence-electron chi connectivity index (χ2n) is 6.07. The number of allylic oxidation sites excluding steroid dienone is 2. The number of H-pyrrole nitrogens is 1. The molecule has 0 aliphatic carbocycles. The van der Waals surface area contributed by atoms with Crippen LogP contribution in [-0.2, 0) is 0 Å². The van der Waals surface area contributed by atoms with E-state index in [1.165, 1.54) is 6.07 Å². The first kappa shape index (κ1) is 18.8. The molecule has 0 saturated carbocycles. The molecule has 0 fully saturated rings. The van der Waals surface area contributed by atoms with Gasteiger partial charge in [0.2, 0.25) is 0 Å². The fraction of sp³-hybridized carbons (Fsp3) is 0.190. The fourth-order valence-corrected chi connectivity index (χ4v) is 2.99. The number of aromatic nitrogens is 1. The number of aliphatic imine (C=N–C) groups is 1. The molecule has 2 heterocycles. The number of nitrogens with one attached hydrogen (secondary N) is 1. The van der Waals surface area contributed by atoms with Crippen LogP contribution in [0.25, 0.3) is 17.7 Å². The van der Waals surface area contributed by atoms with E-state index in [1.807, 2.05) is 31.2 Å². The molecule has 0 atom stereocenters. The van der Waals surface area contributed by atoms with Crippen molar-refractivity contribution < 1.29 is 13.5 Å². The van der Waals surface area contributed by atoms with Crippen molar-refractivity contribution in [1.82, 2.24) is 4.98 Å². The molecule has 140 valence electrons. The summed E-state index contributed by atoms with van der Waals surface area (Å²) in [6.07, 6.45) is 9.89. The number of aryl methyl sites for hydroxylation is 1. The molecule has 4 nitrogen and oxygen atoms in total. The molecule has 0 saturated heterocycles. The van der Waals surface area contributed by atoms with E-state index in [9.17, 15) is 8.78 Å². The maximum absolute atomic E-state index is 12.5. The minimum absolute atomic E-state index is 0.142. The van der Waals surface area contributed by atoms with E-state index in [0.29, 0.717) is 18.5 Å². The Bertz CT molecular complexity index is 909. The van der Waals surface area contributed by atoms with Crippen LogP contribution in [0.1, 0.15) is 28.9 Å². The van der Waals surface area contributed by atoms with Crippen molar-refractivity contribution in [3.8, 4) is 5.75 Å². The van der Waals surface area contributed by atoms with Crippen molar-refractivity contribution in [2.24, 2.45) is 10.7 Å². The average Bonchev–Trinajstić information content (AvgIpc) is 3.28. The number of nitrogens with zero attached hydrogens (tertiary/aromatic N) is 1. The molecule has 1 aromatic heterocycles. The zero-order chi connectivity index (χ0) is 19.2. The number of para-hydroxylation sites is 1. The van der Waals surface area contributed by atoms with Gasteiger partial charge in [-0.05, 0) is 61.9 Å². The Morgan fingerprint density at radius 1 is 1.30 bits per heavy atom. The van der Waals surface area contributed by atoms with E-state index in [0.717, 1.165) is 28.2 Å². The van der Waals surface area contributed by atoms with Gasteiger partial charge in [-0.2, -0.15) is 8.78 Å². The van der Waals surface area contributed by atoms with Crippen molar-refractivity contribution in [3.05, 3.63) is 70.7 Å². The molecule has 0 amide bonds. The Hall–Kier alpha value is -2.99. The zero-order valence-corrected chi connectivity index (χ0v) is 15.0. The third-order valence-electron chi connectivity index (χ3n) is 4.17. The molecule has 0 bridgehead atoms. The number of halogens is 2. The molecule has 1 aliphatic heterocycles. The lowest BCUT2D eigenvalue weighted by molar-refractivity contribution is -0.0499. The highest BCUT2D eigenvalue weighted by Crippen LogP contribution is 2.29. The Balaban J connectivity index is 1.89. The highest BCUT2D eigenvalue weighted by Gasteiger charge is 2.13. The van der Waals surface area contributed by atoms with Gasteiger partial charge in [-0.15, -0.1) is 0 Å². The van der Waals surface area contributed by atoms with Gasteiger partial charge in [-0.25, -0.2) is 0 Å². The molecule has 1 aromatic carbocycles. The summed E-state index contributed by atoms with van der Waals surface area (Å²) in [5.74, 6) is 0.142. The first-order valence-electron chi connectivity index (χ1n) is 8.64. The second kappa shape index (κ2) is 8.60. The molecule has 0 spiro atoms. The lowest BCUT2D eigenvalue weighted by atomic mass is 10.0. The third kappa shape index (κ3) is 4.60. The highest BCUT2D eigenvalue weighted by atomic mass is 19.3. The van der Waals surface area contributed by atoms with Crippen molar-refractivity contribution >= 4 is 23.9 Å². The highest BCUT2D eigenvalue weighted by molar-refractivity contribution is 5.83. The lowest BCUT2D eigenvalue weighted by Gasteiger charge is -2.08. The number of hydrogen-bond acceptors (Lipinski definition) is 3. The van der Waals surface area contributed by atoms with E-state index in [2.05, 4.69) is 14.7 Å². The Morgan fingerprint density at radius 2 is 2.11 bits per heavy atom. The van der Waals surface area contributed by atoms with Crippen molar-refractivity contribution in [2.45, 2.75) is 20.0 Å². The molecule has 0 unspecified atom stereocenters. The summed E-state index contributed by atoms with van der Waals surface area (Å²) in [5, 5.41) is 0. The van der Waals surface area contributed by atoms with Crippen LogP contribution in [0, 0.1) is 6.92 Å². The topological polar surface area (TPSA) is 63.4 Å². The lowest BCUT2D eigenvalue weighted by Crippen LogP contribution is -2.03. The molecule has 27 heavy (non-hydrogen) atoms. The number of benzene rings is 1. The Labute approximate surface area is 156 Å². The summed E-state index contributed by atoms with van der Waals surface area (Å²) in [5.41, 5.74) is 11.2. The number of hydrogen-bond donors (Lipinski definition) is 2. The predicted molar refractivity (Wildman–Crippen MR) is 106 cm³/mol. The van der Waals surface area contributed by atoms with Gasteiger partial charge in [-0.3, -0.25) is 4.99 Å². The van der Waals surface area contributed by atoms with Crippen LogP contribution in [0.2, 0.25) is 0 Å². The van der Waals surface area contributed by atoms with E-state index in [4.69, 9.17) is 5.73 Å². The molecule has 0 radical (unpaired) electrons. The van der Waals surface area contributed by atoms with Gasteiger partial charge in [0.05, 0.1) is 5.70 Å². The smallest absolute Gasteiger partial charge is 0.387 e. The fourth-order valence-electron chi connectivity index (χ4n) is 2.99. The molecular formula is C21H21F2N3O. The third-order valence-corrected chi connectivity index (χ3v) is 4.17. The van der Waals surface area contributed by atoms with Gasteiger partial charge < -0.3 is 15.5 Å². The van der Waals surface area contributed by atoms with Gasteiger partial charge in [0.25, 0.3) is 0 Å². The maximum Gasteiger partial charge on any atom is 0.387 e. The van der Waals surface area contributed by atoms with E-state index in [1.54, 1.807) is 30.5 Å². The summed E-state index contributed by atoms with van der Waals surface area (Å²) in [7, 11) is 0. The minimum Gasteiger partial charge on any atom is -0.434 e. The van der Waals surface area contributed by atoms with Gasteiger partial charge in [0.15, 0.2) is 0 Å². The second-order valence-corrected chi connectivity index (χ2v) is 6.07. The summed E-state index contributed by atoms with van der Waals surface area (Å²) in [6, 6.07) is 8.68. The molecule has 1 aliphatic rings. The van der Waals surface area contributed by atoms with Crippen molar-refractivity contribution in [3.63, 3.8) is 0 Å². The van der Waals surface area contributed by atoms with Crippen LogP contribution in [0.3, 0.4) is 0 Å². The molecular weight excluding hydrogens is 348 g/mol. The van der Waals surface area contributed by atoms with E-state index >= 15 is 0 Å². The average molecular weight is 369 g/mol. The summed E-state index contributed by atoms with van der Waals surface area (Å²) < 4.78 is 29.6. The zero-order valence-electron chi connectivity index (χ0n) is 15.0. The van der Waals surface area contributed by atoms with Crippen LogP contribution >= 0.6 is 0 Å². The van der Waals surface area contributed by atoms with Crippen LogP contribution in [0.4, 0.5) is 8.78 Å². The van der Waals surface area contributed by atoms with E-state index in [-0.39, 0.29) is 5.75 Å². The predicted octanol–water partition coefficient (Wildman–Crippen LogP) is 4.80. The maximum atomic E-state index is 12.5. The van der Waals surface area contributed by atoms with Gasteiger partial charge >= 0.3 is 6.61 Å². The number of nitrogens with two attached hydrogens (primary N) is 1. The van der Waals surface area contributed by atoms with Crippen molar-refractivity contribution in [1.29, 1.82) is 0 Å². The molecule has 6 heteroatoms. The van der Waals surface area contributed by atoms with Crippen LogP contribution in [-0.4, -0.2) is 24.4 Å². The first-order chi connectivity index (χ1) is 13.1. The SMILES string of the molecule is Cc1cc(/C=C/c2ccccc2OC(F)F)[nH]c1C(CCN)=C1C=CC=N1.